The normalized spacial score (nSPS) is 16.4. The highest BCUT2D eigenvalue weighted by atomic mass is 32.1. The molecule has 0 amide bonds. The molecule has 1 aliphatic heterocycles. The predicted octanol–water partition coefficient (Wildman–Crippen LogP) is 0.897. The Morgan fingerprint density at radius 2 is 2.33 bits per heavy atom. The van der Waals surface area contributed by atoms with Crippen LogP contribution in [0.2, 0.25) is 0 Å². The van der Waals surface area contributed by atoms with Crippen LogP contribution in [0.3, 0.4) is 0 Å². The Balaban J connectivity index is 1.74. The van der Waals surface area contributed by atoms with E-state index in [-0.39, 0.29) is 6.04 Å². The summed E-state index contributed by atoms with van der Waals surface area (Å²) in [5, 5.41) is 10.2. The van der Waals surface area contributed by atoms with Crippen molar-refractivity contribution in [2.24, 2.45) is 5.73 Å². The third-order valence-corrected chi connectivity index (χ3v) is 4.55. The highest BCUT2D eigenvalue weighted by Crippen LogP contribution is 2.28. The van der Waals surface area contributed by atoms with Crippen LogP contribution >= 0.6 is 11.3 Å². The summed E-state index contributed by atoms with van der Waals surface area (Å²) in [4.78, 5) is 8.10. The van der Waals surface area contributed by atoms with Crippen LogP contribution in [0.5, 0.6) is 0 Å². The monoisotopic (exact) mass is 303 g/mol. The van der Waals surface area contributed by atoms with Crippen molar-refractivity contribution < 1.29 is 0 Å². The van der Waals surface area contributed by atoms with Gasteiger partial charge in [0.15, 0.2) is 16.6 Å². The van der Waals surface area contributed by atoms with Gasteiger partial charge in [0.2, 0.25) is 0 Å². The number of nitrogens with two attached hydrogens (primary N) is 1. The Kier molecular flexibility index (Phi) is 2.93. The highest BCUT2D eigenvalue weighted by molar-refractivity contribution is 7.15. The first-order chi connectivity index (χ1) is 10.2. The zero-order valence-electron chi connectivity index (χ0n) is 11.8. The highest BCUT2D eigenvalue weighted by Gasteiger charge is 2.24. The Bertz CT molecular complexity index is 769. The molecule has 0 saturated carbocycles. The molecule has 7 nitrogen and oxygen atoms in total. The standard InChI is InChI=1S/C13H17N7S/c1-9(14)6-10-12(16-13-20(10)4-5-21-13)18-2-3-19-8-15-17-11(19)7-18/h4-5,8-9H,2-3,6-7,14H2,1H3. The molecule has 1 unspecified atom stereocenters. The summed E-state index contributed by atoms with van der Waals surface area (Å²) in [6, 6.07) is 0.108. The minimum atomic E-state index is 0.108. The van der Waals surface area contributed by atoms with Crippen molar-refractivity contribution in [2.75, 3.05) is 11.4 Å². The lowest BCUT2D eigenvalue weighted by Crippen LogP contribution is -2.35. The number of hydrogen-bond acceptors (Lipinski definition) is 6. The average Bonchev–Trinajstić information content (AvgIpc) is 3.14. The molecule has 1 aliphatic rings. The molecule has 21 heavy (non-hydrogen) atoms. The Morgan fingerprint density at radius 1 is 1.43 bits per heavy atom. The third-order valence-electron chi connectivity index (χ3n) is 3.79. The number of thiazole rings is 1. The minimum absolute atomic E-state index is 0.108. The van der Waals surface area contributed by atoms with Crippen LogP contribution in [0, 0.1) is 0 Å². The summed E-state index contributed by atoms with van der Waals surface area (Å²) in [6.07, 6.45) is 4.68. The van der Waals surface area contributed by atoms with Crippen LogP contribution in [0.4, 0.5) is 5.82 Å². The van der Waals surface area contributed by atoms with Gasteiger partial charge in [0.05, 0.1) is 12.2 Å². The zero-order valence-corrected chi connectivity index (χ0v) is 12.6. The molecule has 0 aromatic carbocycles. The van der Waals surface area contributed by atoms with E-state index < -0.39 is 0 Å². The van der Waals surface area contributed by atoms with Gasteiger partial charge < -0.3 is 15.2 Å². The molecular formula is C13H17N7S. The molecule has 110 valence electrons. The summed E-state index contributed by atoms with van der Waals surface area (Å²) in [5.74, 6) is 2.03. The van der Waals surface area contributed by atoms with Gasteiger partial charge in [-0.15, -0.1) is 21.5 Å². The fourth-order valence-electron chi connectivity index (χ4n) is 2.82. The molecule has 0 bridgehead atoms. The third kappa shape index (κ3) is 2.11. The SMILES string of the molecule is CC(N)Cc1c(N2CCn3cnnc3C2)nc2sccn12. The molecule has 1 atom stereocenters. The second kappa shape index (κ2) is 4.81. The van der Waals surface area contributed by atoms with E-state index in [1.165, 1.54) is 5.69 Å². The van der Waals surface area contributed by atoms with Crippen LogP contribution in [-0.2, 0) is 19.5 Å². The van der Waals surface area contributed by atoms with E-state index in [0.717, 1.165) is 42.7 Å². The van der Waals surface area contributed by atoms with Crippen molar-refractivity contribution in [3.05, 3.63) is 29.4 Å². The summed E-state index contributed by atoms with van der Waals surface area (Å²) < 4.78 is 4.25. The van der Waals surface area contributed by atoms with Gasteiger partial charge in [-0.2, -0.15) is 0 Å². The van der Waals surface area contributed by atoms with Crippen molar-refractivity contribution in [2.45, 2.75) is 32.5 Å². The maximum absolute atomic E-state index is 6.02. The molecule has 3 aromatic rings. The molecule has 0 spiro atoms. The Hall–Kier alpha value is -1.93. The first-order valence-electron chi connectivity index (χ1n) is 7.04. The van der Waals surface area contributed by atoms with Crippen LogP contribution in [0.15, 0.2) is 17.9 Å². The molecule has 3 aromatic heterocycles. The van der Waals surface area contributed by atoms with E-state index >= 15 is 0 Å². The van der Waals surface area contributed by atoms with Gasteiger partial charge in [-0.3, -0.25) is 4.40 Å². The Morgan fingerprint density at radius 3 is 3.19 bits per heavy atom. The molecule has 0 saturated heterocycles. The number of rotatable bonds is 3. The van der Waals surface area contributed by atoms with Crippen molar-refractivity contribution in [1.29, 1.82) is 0 Å². The van der Waals surface area contributed by atoms with Gasteiger partial charge in [-0.25, -0.2) is 4.98 Å². The summed E-state index contributed by atoms with van der Waals surface area (Å²) in [7, 11) is 0. The molecular weight excluding hydrogens is 286 g/mol. The van der Waals surface area contributed by atoms with Gasteiger partial charge in [0.25, 0.3) is 0 Å². The maximum atomic E-state index is 6.02. The lowest BCUT2D eigenvalue weighted by Gasteiger charge is -2.28. The van der Waals surface area contributed by atoms with Crippen LogP contribution < -0.4 is 10.6 Å². The molecule has 0 aliphatic carbocycles. The largest absolute Gasteiger partial charge is 0.346 e. The lowest BCUT2D eigenvalue weighted by molar-refractivity contribution is 0.554. The van der Waals surface area contributed by atoms with E-state index in [4.69, 9.17) is 10.7 Å². The zero-order chi connectivity index (χ0) is 14.4. The van der Waals surface area contributed by atoms with Crippen LogP contribution in [0.25, 0.3) is 4.96 Å². The number of anilines is 1. The molecule has 0 radical (unpaired) electrons. The number of hydrogen-bond donors (Lipinski definition) is 1. The quantitative estimate of drug-likeness (QED) is 0.778. The Labute approximate surface area is 126 Å². The van der Waals surface area contributed by atoms with Gasteiger partial charge in [-0.1, -0.05) is 0 Å². The van der Waals surface area contributed by atoms with E-state index in [1.54, 1.807) is 17.7 Å². The fraction of sp³-hybridized carbons (Fsp3) is 0.462. The number of nitrogens with zero attached hydrogens (tertiary/aromatic N) is 6. The van der Waals surface area contributed by atoms with Gasteiger partial charge in [0, 0.05) is 37.1 Å². The van der Waals surface area contributed by atoms with E-state index in [1.807, 2.05) is 6.92 Å². The van der Waals surface area contributed by atoms with Crippen molar-refractivity contribution in [3.8, 4) is 0 Å². The number of fused-ring (bicyclic) bond motifs is 2. The lowest BCUT2D eigenvalue weighted by atomic mass is 10.2. The topological polar surface area (TPSA) is 77.3 Å². The van der Waals surface area contributed by atoms with E-state index in [2.05, 4.69) is 35.6 Å². The molecule has 4 rings (SSSR count). The molecule has 2 N–H and O–H groups in total. The predicted molar refractivity (Wildman–Crippen MR) is 81.5 cm³/mol. The summed E-state index contributed by atoms with van der Waals surface area (Å²) >= 11 is 1.65. The van der Waals surface area contributed by atoms with Crippen LogP contribution in [-0.4, -0.2) is 36.7 Å². The maximum Gasteiger partial charge on any atom is 0.195 e. The number of aromatic nitrogens is 5. The van der Waals surface area contributed by atoms with Gasteiger partial charge >= 0.3 is 0 Å². The average molecular weight is 303 g/mol. The van der Waals surface area contributed by atoms with Gasteiger partial charge in [-0.05, 0) is 6.92 Å². The molecule has 0 fully saturated rings. The molecule has 4 heterocycles. The summed E-state index contributed by atoms with van der Waals surface area (Å²) in [5.41, 5.74) is 7.21. The minimum Gasteiger partial charge on any atom is -0.346 e. The smallest absolute Gasteiger partial charge is 0.195 e. The van der Waals surface area contributed by atoms with Crippen molar-refractivity contribution >= 4 is 22.1 Å². The first-order valence-corrected chi connectivity index (χ1v) is 7.92. The number of imidazole rings is 1. The van der Waals surface area contributed by atoms with Crippen LogP contribution in [0.1, 0.15) is 18.4 Å². The van der Waals surface area contributed by atoms with Gasteiger partial charge in [0.1, 0.15) is 6.33 Å². The van der Waals surface area contributed by atoms with E-state index in [0.29, 0.717) is 0 Å². The second-order valence-electron chi connectivity index (χ2n) is 5.48. The first kappa shape index (κ1) is 12.8. The van der Waals surface area contributed by atoms with Crippen molar-refractivity contribution in [1.82, 2.24) is 24.1 Å². The van der Waals surface area contributed by atoms with Crippen molar-refractivity contribution in [3.63, 3.8) is 0 Å². The van der Waals surface area contributed by atoms with E-state index in [9.17, 15) is 0 Å². The second-order valence-corrected chi connectivity index (χ2v) is 6.35. The summed E-state index contributed by atoms with van der Waals surface area (Å²) in [6.45, 7) is 4.59. The fourth-order valence-corrected chi connectivity index (χ4v) is 3.54. The molecule has 8 heteroatoms.